The molecule has 2 aliphatic carbocycles. The van der Waals surface area contributed by atoms with Gasteiger partial charge in [0.1, 0.15) is 11.9 Å². The number of furan rings is 1. The van der Waals surface area contributed by atoms with Crippen molar-refractivity contribution in [2.45, 2.75) is 53.6 Å². The van der Waals surface area contributed by atoms with Crippen molar-refractivity contribution >= 4 is 11.8 Å². The number of esters is 1. The van der Waals surface area contributed by atoms with Crippen molar-refractivity contribution < 1.29 is 18.7 Å². The second-order valence-corrected chi connectivity index (χ2v) is 7.21. The molecule has 1 heterocycles. The van der Waals surface area contributed by atoms with E-state index in [1.165, 1.54) is 0 Å². The van der Waals surface area contributed by atoms with E-state index in [4.69, 9.17) is 9.15 Å². The summed E-state index contributed by atoms with van der Waals surface area (Å²) in [4.78, 5) is 24.5. The lowest BCUT2D eigenvalue weighted by Crippen LogP contribution is -2.44. The Morgan fingerprint density at radius 3 is 2.83 bits per heavy atom. The van der Waals surface area contributed by atoms with Gasteiger partial charge in [-0.15, -0.1) is 0 Å². The number of carbonyl (C=O) groups excluding carboxylic acids is 2. The van der Waals surface area contributed by atoms with Crippen LogP contribution in [0.3, 0.4) is 0 Å². The van der Waals surface area contributed by atoms with Crippen LogP contribution in [0.5, 0.6) is 0 Å². The molecule has 1 aromatic heterocycles. The predicted octanol–water partition coefficient (Wildman–Crippen LogP) is 4.24. The molecule has 0 radical (unpaired) electrons. The van der Waals surface area contributed by atoms with Crippen molar-refractivity contribution in [2.24, 2.45) is 11.3 Å². The van der Waals surface area contributed by atoms with Crippen LogP contribution in [0, 0.1) is 18.3 Å². The zero-order valence-electron chi connectivity index (χ0n) is 14.9. The summed E-state index contributed by atoms with van der Waals surface area (Å²) in [7, 11) is 0. The summed E-state index contributed by atoms with van der Waals surface area (Å²) in [6.45, 7) is 9.72. The zero-order valence-corrected chi connectivity index (χ0v) is 14.9. The number of aryl methyl sites for hydroxylation is 1. The third kappa shape index (κ3) is 2.36. The first kappa shape index (κ1) is 16.7. The summed E-state index contributed by atoms with van der Waals surface area (Å²) >= 11 is 0. The Morgan fingerprint density at radius 1 is 1.46 bits per heavy atom. The van der Waals surface area contributed by atoms with Crippen LogP contribution in [0.1, 0.15) is 57.1 Å². The molecule has 0 saturated heterocycles. The van der Waals surface area contributed by atoms with Gasteiger partial charge in [0.05, 0.1) is 6.26 Å². The molecule has 3 rings (SSSR count). The second-order valence-electron chi connectivity index (χ2n) is 7.21. The van der Waals surface area contributed by atoms with Crippen LogP contribution in [0.25, 0.3) is 0 Å². The van der Waals surface area contributed by atoms with Gasteiger partial charge in [0, 0.05) is 29.4 Å². The number of hydrogen-bond donors (Lipinski definition) is 0. The Balaban J connectivity index is 2.14. The molecule has 0 amide bonds. The zero-order chi connectivity index (χ0) is 17.6. The van der Waals surface area contributed by atoms with Crippen LogP contribution in [0.15, 0.2) is 34.0 Å². The van der Waals surface area contributed by atoms with Crippen molar-refractivity contribution in [3.05, 3.63) is 46.4 Å². The van der Waals surface area contributed by atoms with Gasteiger partial charge in [-0.05, 0) is 43.9 Å². The van der Waals surface area contributed by atoms with Gasteiger partial charge >= 0.3 is 5.97 Å². The number of allylic oxidation sites excluding steroid dienone is 2. The molecular weight excluding hydrogens is 304 g/mol. The average Bonchev–Trinajstić information content (AvgIpc) is 2.89. The molecular formula is C20H24O4. The highest BCUT2D eigenvalue weighted by molar-refractivity contribution is 5.92. The summed E-state index contributed by atoms with van der Waals surface area (Å²) in [5, 5.41) is 0. The highest BCUT2D eigenvalue weighted by Crippen LogP contribution is 2.57. The van der Waals surface area contributed by atoms with Crippen LogP contribution in [0.4, 0.5) is 0 Å². The fourth-order valence-corrected chi connectivity index (χ4v) is 3.88. The molecule has 1 aromatic rings. The molecule has 24 heavy (non-hydrogen) atoms. The molecule has 0 spiro atoms. The van der Waals surface area contributed by atoms with E-state index in [0.717, 1.165) is 22.5 Å². The van der Waals surface area contributed by atoms with Gasteiger partial charge in [0.15, 0.2) is 5.78 Å². The quantitative estimate of drug-likeness (QED) is 0.602. The fraction of sp³-hybridized carbons (Fsp3) is 0.500. The van der Waals surface area contributed by atoms with Gasteiger partial charge in [-0.2, -0.15) is 0 Å². The van der Waals surface area contributed by atoms with Gasteiger partial charge in [0.25, 0.3) is 0 Å². The van der Waals surface area contributed by atoms with Crippen molar-refractivity contribution in [3.8, 4) is 0 Å². The van der Waals surface area contributed by atoms with Gasteiger partial charge in [0.2, 0.25) is 0 Å². The van der Waals surface area contributed by atoms with E-state index in [1.54, 1.807) is 25.3 Å². The van der Waals surface area contributed by atoms with Crippen molar-refractivity contribution in [1.29, 1.82) is 0 Å². The maximum Gasteiger partial charge on any atom is 0.334 e. The maximum atomic E-state index is 12.5. The van der Waals surface area contributed by atoms with E-state index < -0.39 is 6.10 Å². The number of fused-ring (bicyclic) bond motifs is 2. The van der Waals surface area contributed by atoms with E-state index in [1.807, 2.05) is 13.8 Å². The maximum absolute atomic E-state index is 12.5. The van der Waals surface area contributed by atoms with Gasteiger partial charge < -0.3 is 9.15 Å². The molecule has 2 aliphatic rings. The molecule has 0 unspecified atom stereocenters. The highest BCUT2D eigenvalue weighted by atomic mass is 16.5. The second kappa shape index (κ2) is 5.76. The number of hydrogen-bond acceptors (Lipinski definition) is 4. The number of ether oxygens (including phenoxy) is 1. The topological polar surface area (TPSA) is 56.5 Å². The first-order valence-electron chi connectivity index (χ1n) is 8.43. The minimum Gasteiger partial charge on any atom is -0.468 e. The molecule has 4 heteroatoms. The molecule has 0 aromatic carbocycles. The van der Waals surface area contributed by atoms with Gasteiger partial charge in [-0.3, -0.25) is 4.79 Å². The van der Waals surface area contributed by atoms with Crippen LogP contribution in [-0.2, 0) is 20.7 Å². The summed E-state index contributed by atoms with van der Waals surface area (Å²) in [5.41, 5.74) is 3.15. The molecule has 0 aliphatic heterocycles. The molecule has 0 fully saturated rings. The van der Waals surface area contributed by atoms with E-state index in [0.29, 0.717) is 18.4 Å². The van der Waals surface area contributed by atoms with Crippen LogP contribution < -0.4 is 0 Å². The lowest BCUT2D eigenvalue weighted by Gasteiger charge is -2.48. The molecule has 0 N–H and O–H groups in total. The Hall–Kier alpha value is -2.10. The normalized spacial score (nSPS) is 29.6. The van der Waals surface area contributed by atoms with E-state index in [9.17, 15) is 9.59 Å². The number of rotatable bonds is 2. The van der Waals surface area contributed by atoms with Gasteiger partial charge in [-0.25, -0.2) is 4.79 Å². The molecule has 3 atom stereocenters. The molecule has 0 bridgehead atoms. The Bertz CT molecular complexity index is 765. The number of ketones is 1. The smallest absolute Gasteiger partial charge is 0.334 e. The predicted molar refractivity (Wildman–Crippen MR) is 90.4 cm³/mol. The Labute approximate surface area is 142 Å². The van der Waals surface area contributed by atoms with E-state index >= 15 is 0 Å². The minimum absolute atomic E-state index is 0.0937. The van der Waals surface area contributed by atoms with Crippen LogP contribution in [-0.4, -0.2) is 11.8 Å². The van der Waals surface area contributed by atoms with E-state index in [2.05, 4.69) is 13.8 Å². The summed E-state index contributed by atoms with van der Waals surface area (Å²) < 4.78 is 11.7. The van der Waals surface area contributed by atoms with Crippen molar-refractivity contribution in [2.75, 3.05) is 0 Å². The van der Waals surface area contributed by atoms with E-state index in [-0.39, 0.29) is 23.1 Å². The summed E-state index contributed by atoms with van der Waals surface area (Å²) in [5.74, 6) is 0.710. The lowest BCUT2D eigenvalue weighted by atomic mass is 9.58. The largest absolute Gasteiger partial charge is 0.468 e. The molecule has 128 valence electrons. The number of carbonyl (C=O) groups is 2. The monoisotopic (exact) mass is 328 g/mol. The summed E-state index contributed by atoms with van der Waals surface area (Å²) in [6, 6.07) is 0. The van der Waals surface area contributed by atoms with Crippen molar-refractivity contribution in [3.63, 3.8) is 0 Å². The Morgan fingerprint density at radius 2 is 2.17 bits per heavy atom. The lowest BCUT2D eigenvalue weighted by molar-refractivity contribution is -0.153. The van der Waals surface area contributed by atoms with Crippen molar-refractivity contribution in [1.82, 2.24) is 0 Å². The highest BCUT2D eigenvalue weighted by Gasteiger charge is 2.52. The fourth-order valence-electron chi connectivity index (χ4n) is 3.88. The third-order valence-corrected chi connectivity index (χ3v) is 5.80. The third-order valence-electron chi connectivity index (χ3n) is 5.80. The minimum atomic E-state index is -0.434. The van der Waals surface area contributed by atoms with Gasteiger partial charge in [-0.1, -0.05) is 19.9 Å². The van der Waals surface area contributed by atoms with Crippen LogP contribution >= 0.6 is 0 Å². The Kier molecular flexibility index (Phi) is 4.02. The standard InChI is InChI=1S/C20H24O4/c1-6-11(2)19(22)24-18-17-12(3)10-23-16(17)9-14-8-15(21)7-13(4)20(14,18)5/h6,8,10,13,18H,7,9H2,1-5H3/b11-6+/t13-,18+,20+/m0/s1. The first-order valence-corrected chi connectivity index (χ1v) is 8.43. The average molecular weight is 328 g/mol. The molecule has 0 saturated carbocycles. The van der Waals surface area contributed by atoms with Crippen LogP contribution in [0.2, 0.25) is 0 Å². The molecule has 4 nitrogen and oxygen atoms in total. The first-order chi connectivity index (χ1) is 11.3. The summed E-state index contributed by atoms with van der Waals surface area (Å²) in [6.07, 6.45) is 5.83. The SMILES string of the molecule is C/C=C(\C)C(=O)O[C@@H]1c2c(C)coc2CC2=CC(=O)C[C@H](C)[C@]21C.